The molecule has 1 unspecified atom stereocenters. The van der Waals surface area contributed by atoms with E-state index in [0.29, 0.717) is 12.2 Å². The van der Waals surface area contributed by atoms with Gasteiger partial charge in [0.05, 0.1) is 27.9 Å². The molecule has 1 atom stereocenters. The fourth-order valence-electron chi connectivity index (χ4n) is 2.98. The molecule has 1 aromatic heterocycles. The molecule has 0 radical (unpaired) electrons. The highest BCUT2D eigenvalue weighted by molar-refractivity contribution is 6.34. The molecule has 0 bridgehead atoms. The van der Waals surface area contributed by atoms with Crippen LogP contribution in [0.4, 0.5) is 11.4 Å². The van der Waals surface area contributed by atoms with Crippen LogP contribution in [0.15, 0.2) is 42.5 Å². The van der Waals surface area contributed by atoms with Gasteiger partial charge in [0.15, 0.2) is 6.10 Å². The summed E-state index contributed by atoms with van der Waals surface area (Å²) in [5.41, 5.74) is 2.44. The molecule has 2 aromatic carbocycles. The number of benzene rings is 2. The number of amides is 1. The smallest absolute Gasteiger partial charge is 0.343 e. The lowest BCUT2D eigenvalue weighted by Gasteiger charge is -2.14. The van der Waals surface area contributed by atoms with E-state index in [1.165, 1.54) is 23.7 Å². The van der Waals surface area contributed by atoms with Gasteiger partial charge in [-0.25, -0.2) is 9.48 Å². The van der Waals surface area contributed by atoms with Gasteiger partial charge in [-0.05, 0) is 32.4 Å². The van der Waals surface area contributed by atoms with E-state index in [9.17, 15) is 19.7 Å². The van der Waals surface area contributed by atoms with E-state index in [1.54, 1.807) is 6.92 Å². The molecule has 9 nitrogen and oxygen atoms in total. The fraction of sp³-hybridized carbons (Fsp3) is 0.227. The molecule has 1 N–H and O–H groups in total. The topological polar surface area (TPSA) is 116 Å². The van der Waals surface area contributed by atoms with Crippen LogP contribution < -0.4 is 5.32 Å². The Morgan fingerprint density at radius 3 is 2.45 bits per heavy atom. The van der Waals surface area contributed by atoms with Crippen LogP contribution in [0.5, 0.6) is 0 Å². The number of halogens is 2. The summed E-state index contributed by atoms with van der Waals surface area (Å²) in [6, 6.07) is 11.4. The van der Waals surface area contributed by atoms with E-state index in [1.807, 2.05) is 31.2 Å². The Morgan fingerprint density at radius 1 is 1.18 bits per heavy atom. The molecule has 1 heterocycles. The predicted molar refractivity (Wildman–Crippen MR) is 124 cm³/mol. The second-order valence-electron chi connectivity index (χ2n) is 7.35. The van der Waals surface area contributed by atoms with Crippen LogP contribution in [0.1, 0.15) is 34.1 Å². The van der Waals surface area contributed by atoms with Gasteiger partial charge in [-0.1, -0.05) is 53.0 Å². The summed E-state index contributed by atoms with van der Waals surface area (Å²) in [4.78, 5) is 35.4. The van der Waals surface area contributed by atoms with Crippen molar-refractivity contribution in [3.8, 4) is 0 Å². The Balaban J connectivity index is 1.69. The largest absolute Gasteiger partial charge is 0.449 e. The lowest BCUT2D eigenvalue weighted by molar-refractivity contribution is -0.384. The van der Waals surface area contributed by atoms with E-state index in [4.69, 9.17) is 27.9 Å². The number of hydrogen-bond acceptors (Lipinski definition) is 6. The van der Waals surface area contributed by atoms with E-state index in [2.05, 4.69) is 10.4 Å². The molecule has 0 aliphatic carbocycles. The quantitative estimate of drug-likeness (QED) is 0.284. The maximum absolute atomic E-state index is 12.7. The molecule has 0 aliphatic heterocycles. The minimum Gasteiger partial charge on any atom is -0.449 e. The van der Waals surface area contributed by atoms with Crippen molar-refractivity contribution >= 4 is 46.5 Å². The van der Waals surface area contributed by atoms with Crippen molar-refractivity contribution in [2.45, 2.75) is 33.4 Å². The minimum atomic E-state index is -1.19. The SMILES string of the molecule is Cc1ccc(Cn2nc(C)c(C(=O)OC(C)C(=O)Nc3ccc([N+](=O)[O-])cc3Cl)c2Cl)cc1. The Kier molecular flexibility index (Phi) is 7.35. The predicted octanol–water partition coefficient (Wildman–Crippen LogP) is 4.95. The van der Waals surface area contributed by atoms with Crippen molar-refractivity contribution in [3.63, 3.8) is 0 Å². The van der Waals surface area contributed by atoms with E-state index in [-0.39, 0.29) is 27.1 Å². The van der Waals surface area contributed by atoms with E-state index in [0.717, 1.165) is 17.2 Å². The Bertz CT molecular complexity index is 1220. The van der Waals surface area contributed by atoms with Gasteiger partial charge in [-0.15, -0.1) is 0 Å². The molecule has 0 saturated carbocycles. The number of esters is 1. The maximum atomic E-state index is 12.7. The lowest BCUT2D eigenvalue weighted by atomic mass is 10.1. The van der Waals surface area contributed by atoms with Gasteiger partial charge >= 0.3 is 5.97 Å². The first kappa shape index (κ1) is 24.2. The zero-order valence-electron chi connectivity index (χ0n) is 18.0. The highest BCUT2D eigenvalue weighted by atomic mass is 35.5. The molecule has 3 rings (SSSR count). The molecule has 0 fully saturated rings. The van der Waals surface area contributed by atoms with Gasteiger partial charge < -0.3 is 10.1 Å². The number of rotatable bonds is 7. The Morgan fingerprint density at radius 2 is 1.85 bits per heavy atom. The number of nitro groups is 1. The summed E-state index contributed by atoms with van der Waals surface area (Å²) < 4.78 is 6.76. The van der Waals surface area contributed by atoms with Crippen molar-refractivity contribution in [3.05, 3.63) is 85.1 Å². The average Bonchev–Trinajstić information content (AvgIpc) is 3.03. The zero-order valence-corrected chi connectivity index (χ0v) is 19.5. The van der Waals surface area contributed by atoms with Crippen LogP contribution in [-0.4, -0.2) is 32.7 Å². The number of anilines is 1. The molecule has 33 heavy (non-hydrogen) atoms. The second-order valence-corrected chi connectivity index (χ2v) is 8.12. The normalized spacial score (nSPS) is 11.7. The molecule has 0 aliphatic rings. The van der Waals surface area contributed by atoms with Crippen LogP contribution in [0, 0.1) is 24.0 Å². The number of aryl methyl sites for hydroxylation is 2. The molecule has 0 saturated heterocycles. The van der Waals surface area contributed by atoms with Crippen molar-refractivity contribution in [1.82, 2.24) is 9.78 Å². The number of ether oxygens (including phenoxy) is 1. The van der Waals surface area contributed by atoms with Gasteiger partial charge in [0.1, 0.15) is 10.7 Å². The van der Waals surface area contributed by atoms with Crippen LogP contribution in [-0.2, 0) is 16.1 Å². The molecule has 172 valence electrons. The molecular weight excluding hydrogens is 471 g/mol. The summed E-state index contributed by atoms with van der Waals surface area (Å²) >= 11 is 12.4. The third-order valence-corrected chi connectivity index (χ3v) is 5.49. The Labute approximate surface area is 199 Å². The number of nitrogens with one attached hydrogen (secondary N) is 1. The molecular formula is C22H20Cl2N4O5. The van der Waals surface area contributed by atoms with Crippen molar-refractivity contribution < 1.29 is 19.2 Å². The summed E-state index contributed by atoms with van der Waals surface area (Å²) in [6.45, 7) is 5.35. The average molecular weight is 491 g/mol. The van der Waals surface area contributed by atoms with Gasteiger partial charge in [0, 0.05) is 12.1 Å². The Hall–Kier alpha value is -3.43. The van der Waals surface area contributed by atoms with E-state index < -0.39 is 22.9 Å². The third-order valence-electron chi connectivity index (χ3n) is 4.80. The molecule has 1 amide bonds. The van der Waals surface area contributed by atoms with Gasteiger partial charge in [0.2, 0.25) is 0 Å². The first-order chi connectivity index (χ1) is 15.6. The number of hydrogen-bond donors (Lipinski definition) is 1. The number of nitro benzene ring substituents is 1. The number of non-ortho nitro benzene ring substituents is 1. The van der Waals surface area contributed by atoms with Gasteiger partial charge in [-0.3, -0.25) is 14.9 Å². The molecule has 3 aromatic rings. The van der Waals surface area contributed by atoms with Gasteiger partial charge in [0.25, 0.3) is 11.6 Å². The first-order valence-corrected chi connectivity index (χ1v) is 10.6. The number of carbonyl (C=O) groups excluding carboxylic acids is 2. The van der Waals surface area contributed by atoms with Crippen LogP contribution in [0.2, 0.25) is 10.2 Å². The number of nitrogens with zero attached hydrogens (tertiary/aromatic N) is 3. The first-order valence-electron chi connectivity index (χ1n) is 9.81. The highest BCUT2D eigenvalue weighted by Crippen LogP contribution is 2.27. The standard InChI is InChI=1S/C22H20Cl2N4O5/c1-12-4-6-15(7-5-12)11-27-20(24)19(13(2)26-27)22(30)33-14(3)21(29)25-18-9-8-16(28(31)32)10-17(18)23/h4-10,14H,11H2,1-3H3,(H,25,29). The fourth-order valence-corrected chi connectivity index (χ4v) is 3.52. The van der Waals surface area contributed by atoms with Crippen LogP contribution in [0.25, 0.3) is 0 Å². The maximum Gasteiger partial charge on any atom is 0.343 e. The van der Waals surface area contributed by atoms with Gasteiger partial charge in [-0.2, -0.15) is 5.10 Å². The molecule has 11 heteroatoms. The monoisotopic (exact) mass is 490 g/mol. The van der Waals surface area contributed by atoms with Crippen molar-refractivity contribution in [2.75, 3.05) is 5.32 Å². The van der Waals surface area contributed by atoms with Crippen molar-refractivity contribution in [2.24, 2.45) is 0 Å². The number of carbonyl (C=O) groups is 2. The summed E-state index contributed by atoms with van der Waals surface area (Å²) in [6.07, 6.45) is -1.19. The summed E-state index contributed by atoms with van der Waals surface area (Å²) in [5, 5.41) is 17.7. The van der Waals surface area contributed by atoms with E-state index >= 15 is 0 Å². The second kappa shape index (κ2) is 10.0. The van der Waals surface area contributed by atoms with Crippen LogP contribution in [0.3, 0.4) is 0 Å². The number of aromatic nitrogens is 2. The minimum absolute atomic E-state index is 0.0210. The summed E-state index contributed by atoms with van der Waals surface area (Å²) in [7, 11) is 0. The van der Waals surface area contributed by atoms with Crippen molar-refractivity contribution in [1.29, 1.82) is 0 Å². The lowest BCUT2D eigenvalue weighted by Crippen LogP contribution is -2.30. The highest BCUT2D eigenvalue weighted by Gasteiger charge is 2.26. The summed E-state index contributed by atoms with van der Waals surface area (Å²) in [5.74, 6) is -1.47. The van der Waals surface area contributed by atoms with Crippen LogP contribution >= 0.6 is 23.2 Å². The third kappa shape index (κ3) is 5.68. The molecule has 0 spiro atoms. The zero-order chi connectivity index (χ0) is 24.3.